The number of nitrogens with zero attached hydrogens (tertiary/aromatic N) is 2. The quantitative estimate of drug-likeness (QED) is 0.453. The summed E-state index contributed by atoms with van der Waals surface area (Å²) in [4.78, 5) is 21.9. The Balaban J connectivity index is 2.13. The second kappa shape index (κ2) is 7.88. The van der Waals surface area contributed by atoms with E-state index in [-0.39, 0.29) is 11.3 Å². The standard InChI is InChI=1S/C16H15N3O6/c1-25-13-8-10(7-12(15(13)21)19(23)24)9-17-18-16(22)14(20)11-5-3-2-4-6-11/h2-9,14,20-21H,1H3,(H,18,22)/p-1/t14-/m1/s1. The maximum Gasteiger partial charge on any atom is 0.273 e. The Labute approximate surface area is 142 Å². The predicted octanol–water partition coefficient (Wildman–Crippen LogP) is 0.861. The number of hydrogen-bond acceptors (Lipinski definition) is 7. The number of carbonyl (C=O) groups excluding carboxylic acids is 1. The van der Waals surface area contributed by atoms with Crippen molar-refractivity contribution >= 4 is 17.8 Å². The van der Waals surface area contributed by atoms with E-state index in [0.717, 1.165) is 12.3 Å². The smallest absolute Gasteiger partial charge is 0.273 e. The van der Waals surface area contributed by atoms with Gasteiger partial charge in [-0.2, -0.15) is 5.10 Å². The summed E-state index contributed by atoms with van der Waals surface area (Å²) in [6.07, 6.45) is -0.309. The highest BCUT2D eigenvalue weighted by Gasteiger charge is 2.16. The summed E-state index contributed by atoms with van der Waals surface area (Å²) in [5.74, 6) is -1.84. The Morgan fingerprint density at radius 2 is 2.04 bits per heavy atom. The van der Waals surface area contributed by atoms with E-state index < -0.39 is 28.4 Å². The van der Waals surface area contributed by atoms with E-state index in [2.05, 4.69) is 10.5 Å². The third kappa shape index (κ3) is 4.30. The van der Waals surface area contributed by atoms with Gasteiger partial charge in [-0.3, -0.25) is 14.9 Å². The number of nitro benzene ring substituents is 1. The molecule has 2 N–H and O–H groups in total. The molecule has 2 aromatic carbocycles. The van der Waals surface area contributed by atoms with Crippen LogP contribution in [0.1, 0.15) is 17.2 Å². The minimum absolute atomic E-state index is 0.178. The van der Waals surface area contributed by atoms with E-state index in [1.165, 1.54) is 13.2 Å². The molecule has 9 nitrogen and oxygen atoms in total. The van der Waals surface area contributed by atoms with Crippen molar-refractivity contribution < 1.29 is 24.7 Å². The van der Waals surface area contributed by atoms with Gasteiger partial charge in [0.25, 0.3) is 11.6 Å². The molecule has 0 aliphatic heterocycles. The summed E-state index contributed by atoms with van der Waals surface area (Å²) in [7, 11) is 1.21. The molecule has 25 heavy (non-hydrogen) atoms. The fourth-order valence-corrected chi connectivity index (χ4v) is 1.99. The van der Waals surface area contributed by atoms with E-state index in [0.29, 0.717) is 5.56 Å². The van der Waals surface area contributed by atoms with Gasteiger partial charge in [-0.25, -0.2) is 5.43 Å². The number of ether oxygens (including phenoxy) is 1. The van der Waals surface area contributed by atoms with Crippen LogP contribution in [0.15, 0.2) is 47.6 Å². The molecule has 0 fully saturated rings. The summed E-state index contributed by atoms with van der Waals surface area (Å²) in [6, 6.07) is 10.5. The maximum absolute atomic E-state index is 11.8. The molecular formula is C16H14N3O6-. The number of aliphatic hydroxyl groups excluding tert-OH is 1. The first kappa shape index (κ1) is 17.9. The molecule has 1 atom stereocenters. The third-order valence-electron chi connectivity index (χ3n) is 3.23. The number of hydrazone groups is 1. The number of hydrogen-bond donors (Lipinski definition) is 2. The number of benzene rings is 2. The summed E-state index contributed by atoms with van der Waals surface area (Å²) < 4.78 is 4.79. The number of carbonyl (C=O) groups is 1. The van der Waals surface area contributed by atoms with Crippen LogP contribution in [0.5, 0.6) is 11.5 Å². The molecule has 0 aliphatic carbocycles. The van der Waals surface area contributed by atoms with Crippen molar-refractivity contribution in [2.45, 2.75) is 6.10 Å². The molecular weight excluding hydrogens is 330 g/mol. The first-order valence-corrected chi connectivity index (χ1v) is 7.03. The van der Waals surface area contributed by atoms with Gasteiger partial charge >= 0.3 is 0 Å². The van der Waals surface area contributed by atoms with E-state index in [1.54, 1.807) is 30.3 Å². The minimum Gasteiger partial charge on any atom is -0.865 e. The monoisotopic (exact) mass is 344 g/mol. The lowest BCUT2D eigenvalue weighted by atomic mass is 10.1. The van der Waals surface area contributed by atoms with Gasteiger partial charge in [0.1, 0.15) is 5.75 Å². The van der Waals surface area contributed by atoms with Crippen molar-refractivity contribution in [3.8, 4) is 11.5 Å². The first-order chi connectivity index (χ1) is 11.9. The van der Waals surface area contributed by atoms with Crippen LogP contribution >= 0.6 is 0 Å². The van der Waals surface area contributed by atoms with Crippen LogP contribution < -0.4 is 15.3 Å². The zero-order valence-corrected chi connectivity index (χ0v) is 13.1. The van der Waals surface area contributed by atoms with Crippen LogP contribution in [0.3, 0.4) is 0 Å². The summed E-state index contributed by atoms with van der Waals surface area (Å²) in [6.45, 7) is 0. The van der Waals surface area contributed by atoms with Crippen LogP contribution in [-0.2, 0) is 4.79 Å². The Hall–Kier alpha value is -3.46. The van der Waals surface area contributed by atoms with Crippen molar-refractivity contribution in [2.24, 2.45) is 5.10 Å². The number of amides is 1. The Morgan fingerprint density at radius 3 is 2.64 bits per heavy atom. The molecule has 0 aromatic heterocycles. The summed E-state index contributed by atoms with van der Waals surface area (Å²) in [5.41, 5.74) is 2.02. The number of rotatable bonds is 6. The van der Waals surface area contributed by atoms with E-state index in [1.807, 2.05) is 0 Å². The highest BCUT2D eigenvalue weighted by Crippen LogP contribution is 2.33. The Kier molecular flexibility index (Phi) is 5.64. The lowest BCUT2D eigenvalue weighted by Gasteiger charge is -2.13. The normalized spacial score (nSPS) is 11.9. The van der Waals surface area contributed by atoms with Crippen molar-refractivity contribution in [1.29, 1.82) is 0 Å². The van der Waals surface area contributed by atoms with Crippen LogP contribution in [0.25, 0.3) is 0 Å². The molecule has 2 aromatic rings. The molecule has 0 spiro atoms. The molecule has 0 saturated heterocycles. The fourth-order valence-electron chi connectivity index (χ4n) is 1.99. The minimum atomic E-state index is -1.41. The molecule has 0 aliphatic rings. The second-order valence-electron chi connectivity index (χ2n) is 4.88. The average molecular weight is 344 g/mol. The number of nitrogens with one attached hydrogen (secondary N) is 1. The van der Waals surface area contributed by atoms with Gasteiger partial charge in [0.15, 0.2) is 6.10 Å². The Bertz CT molecular complexity index is 807. The van der Waals surface area contributed by atoms with Crippen LogP contribution in [-0.4, -0.2) is 29.3 Å². The zero-order chi connectivity index (χ0) is 18.4. The molecule has 2 rings (SSSR count). The molecule has 130 valence electrons. The van der Waals surface area contributed by atoms with Crippen LogP contribution in [0.2, 0.25) is 0 Å². The van der Waals surface area contributed by atoms with Gasteiger partial charge in [-0.05, 0) is 11.6 Å². The summed E-state index contributed by atoms with van der Waals surface area (Å²) in [5, 5.41) is 36.1. The highest BCUT2D eigenvalue weighted by atomic mass is 16.6. The number of methoxy groups -OCH3 is 1. The summed E-state index contributed by atoms with van der Waals surface area (Å²) >= 11 is 0. The molecule has 1 amide bonds. The van der Waals surface area contributed by atoms with Gasteiger partial charge in [-0.15, -0.1) is 0 Å². The molecule has 9 heteroatoms. The van der Waals surface area contributed by atoms with Gasteiger partial charge in [0.05, 0.1) is 18.2 Å². The van der Waals surface area contributed by atoms with Gasteiger partial charge in [0, 0.05) is 17.4 Å². The maximum atomic E-state index is 11.8. The largest absolute Gasteiger partial charge is 0.865 e. The van der Waals surface area contributed by atoms with Crippen LogP contribution in [0.4, 0.5) is 5.69 Å². The average Bonchev–Trinajstić information content (AvgIpc) is 2.62. The van der Waals surface area contributed by atoms with E-state index >= 15 is 0 Å². The third-order valence-corrected chi connectivity index (χ3v) is 3.23. The Morgan fingerprint density at radius 1 is 1.36 bits per heavy atom. The molecule has 0 unspecified atom stereocenters. The molecule has 0 bridgehead atoms. The number of nitro groups is 1. The number of aliphatic hydroxyl groups is 1. The molecule has 0 heterocycles. The van der Waals surface area contributed by atoms with Crippen molar-refractivity contribution in [2.75, 3.05) is 7.11 Å². The van der Waals surface area contributed by atoms with Crippen LogP contribution in [0, 0.1) is 10.1 Å². The SMILES string of the molecule is COc1cc(C=NNC(=O)[C@H](O)c2ccccc2)cc([N+](=O)[O-])c1[O-]. The highest BCUT2D eigenvalue weighted by molar-refractivity contribution is 5.86. The van der Waals surface area contributed by atoms with Gasteiger partial charge in [-0.1, -0.05) is 30.3 Å². The van der Waals surface area contributed by atoms with Crippen molar-refractivity contribution in [3.63, 3.8) is 0 Å². The second-order valence-corrected chi connectivity index (χ2v) is 4.88. The van der Waals surface area contributed by atoms with Crippen molar-refractivity contribution in [3.05, 3.63) is 63.7 Å². The van der Waals surface area contributed by atoms with Gasteiger partial charge < -0.3 is 14.9 Å². The molecule has 0 saturated carbocycles. The van der Waals surface area contributed by atoms with E-state index in [9.17, 15) is 25.1 Å². The topological polar surface area (TPSA) is 137 Å². The fraction of sp³-hybridized carbons (Fsp3) is 0.125. The predicted molar refractivity (Wildman–Crippen MR) is 86.2 cm³/mol. The lowest BCUT2D eigenvalue weighted by Crippen LogP contribution is -2.25. The van der Waals surface area contributed by atoms with Gasteiger partial charge in [0.2, 0.25) is 0 Å². The lowest BCUT2D eigenvalue weighted by molar-refractivity contribution is -0.398. The first-order valence-electron chi connectivity index (χ1n) is 7.03. The zero-order valence-electron chi connectivity index (χ0n) is 13.1. The van der Waals surface area contributed by atoms with E-state index in [4.69, 9.17) is 4.74 Å². The molecule has 0 radical (unpaired) electrons. The van der Waals surface area contributed by atoms with Crippen molar-refractivity contribution in [1.82, 2.24) is 5.43 Å².